The Labute approximate surface area is 216 Å². The van der Waals surface area contributed by atoms with Crippen molar-refractivity contribution in [3.8, 4) is 0 Å². The highest BCUT2D eigenvalue weighted by Gasteiger charge is 2.44. The Morgan fingerprint density at radius 2 is 1.89 bits per heavy atom. The van der Waals surface area contributed by atoms with E-state index in [0.717, 1.165) is 5.69 Å². The molecule has 2 unspecified atom stereocenters. The zero-order valence-electron chi connectivity index (χ0n) is 21.8. The Morgan fingerprint density at radius 1 is 1.16 bits per heavy atom. The molecule has 4 rings (SSSR count). The van der Waals surface area contributed by atoms with Crippen molar-refractivity contribution in [3.05, 3.63) is 48.4 Å². The number of aliphatic hydroxyl groups excluding tert-OH is 2. The predicted molar refractivity (Wildman–Crippen MR) is 142 cm³/mol. The van der Waals surface area contributed by atoms with E-state index in [-0.39, 0.29) is 11.4 Å². The van der Waals surface area contributed by atoms with Gasteiger partial charge in [-0.25, -0.2) is 14.8 Å². The second-order valence-corrected chi connectivity index (χ2v) is 10.6. The van der Waals surface area contributed by atoms with Crippen LogP contribution in [-0.2, 0) is 10.2 Å². The molecule has 1 aliphatic heterocycles. The molecule has 1 aliphatic rings. The molecule has 0 radical (unpaired) electrons. The molecule has 1 saturated heterocycles. The van der Waals surface area contributed by atoms with Gasteiger partial charge in [0.05, 0.1) is 5.39 Å². The van der Waals surface area contributed by atoms with E-state index in [4.69, 9.17) is 10.5 Å². The number of carbonyl (C=O) groups is 1. The molecule has 0 saturated carbocycles. The van der Waals surface area contributed by atoms with E-state index in [0.29, 0.717) is 42.9 Å². The summed E-state index contributed by atoms with van der Waals surface area (Å²) in [5.41, 5.74) is 8.45. The number of rotatable bonds is 8. The quantitative estimate of drug-likeness (QED) is 0.288. The van der Waals surface area contributed by atoms with E-state index in [9.17, 15) is 15.0 Å². The van der Waals surface area contributed by atoms with Crippen molar-refractivity contribution in [2.24, 2.45) is 0 Å². The normalized spacial score (nSPS) is 22.0. The van der Waals surface area contributed by atoms with Crippen molar-refractivity contribution >= 4 is 28.6 Å². The van der Waals surface area contributed by atoms with Crippen LogP contribution in [0.4, 0.5) is 16.3 Å². The summed E-state index contributed by atoms with van der Waals surface area (Å²) in [5.74, 6) is 0.341. The van der Waals surface area contributed by atoms with Crippen LogP contribution in [0, 0.1) is 0 Å². The van der Waals surface area contributed by atoms with E-state index in [1.54, 1.807) is 16.8 Å². The molecular weight excluding hydrogens is 474 g/mol. The fraction of sp³-hybridized carbons (Fsp3) is 0.500. The Kier molecular flexibility index (Phi) is 7.98. The predicted octanol–water partition coefficient (Wildman–Crippen LogP) is 2.07. The Hall–Kier alpha value is -3.25. The molecule has 4 atom stereocenters. The smallest absolute Gasteiger partial charge is 0.319 e. The molecule has 11 nitrogen and oxygen atoms in total. The van der Waals surface area contributed by atoms with Crippen LogP contribution in [-0.4, -0.2) is 80.7 Å². The van der Waals surface area contributed by atoms with E-state index in [1.807, 2.05) is 36.2 Å². The zero-order chi connectivity index (χ0) is 26.7. The molecular formula is C26H37N7O4. The lowest BCUT2D eigenvalue weighted by Gasteiger charge is -2.23. The molecule has 1 aromatic carbocycles. The first-order chi connectivity index (χ1) is 17.5. The van der Waals surface area contributed by atoms with Crippen molar-refractivity contribution in [2.45, 2.75) is 57.1 Å². The van der Waals surface area contributed by atoms with E-state index < -0.39 is 24.5 Å². The van der Waals surface area contributed by atoms with E-state index >= 15 is 0 Å². The highest BCUT2D eigenvalue weighted by molar-refractivity contribution is 5.89. The number of hydrogen-bond acceptors (Lipinski definition) is 8. The number of amides is 2. The summed E-state index contributed by atoms with van der Waals surface area (Å²) in [6, 6.07) is 9.36. The summed E-state index contributed by atoms with van der Waals surface area (Å²) in [5, 5.41) is 27.6. The van der Waals surface area contributed by atoms with Gasteiger partial charge in [0.25, 0.3) is 0 Å². The molecule has 3 heterocycles. The summed E-state index contributed by atoms with van der Waals surface area (Å²) in [6.07, 6.45) is 0.231. The highest BCUT2D eigenvalue weighted by atomic mass is 16.6. The van der Waals surface area contributed by atoms with Gasteiger partial charge in [-0.1, -0.05) is 32.9 Å². The van der Waals surface area contributed by atoms with Crippen molar-refractivity contribution in [3.63, 3.8) is 0 Å². The first-order valence-electron chi connectivity index (χ1n) is 12.5. The average molecular weight is 512 g/mol. The fourth-order valence-corrected chi connectivity index (χ4v) is 4.48. The monoisotopic (exact) mass is 511 g/mol. The summed E-state index contributed by atoms with van der Waals surface area (Å²) < 4.78 is 7.70. The van der Waals surface area contributed by atoms with Crippen LogP contribution in [0.2, 0.25) is 0 Å². The number of nitrogens with zero attached hydrogens (tertiary/aromatic N) is 4. The minimum atomic E-state index is -1.12. The van der Waals surface area contributed by atoms with Crippen molar-refractivity contribution in [2.75, 3.05) is 37.7 Å². The number of anilines is 2. The topological polar surface area (TPSA) is 151 Å². The van der Waals surface area contributed by atoms with Gasteiger partial charge in [-0.15, -0.1) is 0 Å². The van der Waals surface area contributed by atoms with Gasteiger partial charge < -0.3 is 40.8 Å². The van der Waals surface area contributed by atoms with Crippen LogP contribution in [0.5, 0.6) is 0 Å². The van der Waals surface area contributed by atoms with Gasteiger partial charge in [-0.3, -0.25) is 0 Å². The van der Waals surface area contributed by atoms with Gasteiger partial charge in [0.1, 0.15) is 36.1 Å². The van der Waals surface area contributed by atoms with Gasteiger partial charge in [0.2, 0.25) is 0 Å². The Balaban J connectivity index is 1.21. The number of likely N-dealkylation sites (N-methyl/N-ethyl adjacent to an activating group) is 1. The highest BCUT2D eigenvalue weighted by Crippen LogP contribution is 2.33. The Bertz CT molecular complexity index is 1210. The molecule has 0 spiro atoms. The molecule has 37 heavy (non-hydrogen) atoms. The number of urea groups is 1. The van der Waals surface area contributed by atoms with Crippen LogP contribution in [0.15, 0.2) is 42.9 Å². The van der Waals surface area contributed by atoms with Gasteiger partial charge in [0.15, 0.2) is 6.23 Å². The van der Waals surface area contributed by atoms with Crippen molar-refractivity contribution < 1.29 is 19.7 Å². The van der Waals surface area contributed by atoms with Gasteiger partial charge in [0, 0.05) is 25.0 Å². The SMILES string of the molecule is CN(CCCNC(=O)Nc1ccc(C(C)(C)C)cc1)C[C@H]1OC(n2ccc3c(N)ncnc32)C(O)[C@@H]1O. The second-order valence-electron chi connectivity index (χ2n) is 10.6. The van der Waals surface area contributed by atoms with Crippen LogP contribution >= 0.6 is 0 Å². The van der Waals surface area contributed by atoms with Gasteiger partial charge in [-0.05, 0) is 49.2 Å². The minimum Gasteiger partial charge on any atom is -0.387 e. The van der Waals surface area contributed by atoms with E-state index in [1.165, 1.54) is 11.9 Å². The molecule has 0 aliphatic carbocycles. The maximum absolute atomic E-state index is 12.2. The van der Waals surface area contributed by atoms with Crippen LogP contribution < -0.4 is 16.4 Å². The van der Waals surface area contributed by atoms with Crippen LogP contribution in [0.25, 0.3) is 11.0 Å². The third kappa shape index (κ3) is 6.19. The van der Waals surface area contributed by atoms with Gasteiger partial charge in [-0.2, -0.15) is 0 Å². The third-order valence-corrected chi connectivity index (χ3v) is 6.65. The first kappa shape index (κ1) is 26.8. The molecule has 11 heteroatoms. The number of nitrogen functional groups attached to an aromatic ring is 1. The lowest BCUT2D eigenvalue weighted by Crippen LogP contribution is -2.39. The summed E-state index contributed by atoms with van der Waals surface area (Å²) in [4.78, 5) is 22.4. The second kappa shape index (κ2) is 11.0. The standard InChI is InChI=1S/C26H37N7O4/c1-26(2,3)16-6-8-17(9-7-16)31-25(36)28-11-5-12-32(4)14-19-20(34)21(35)24(37-19)33-13-10-18-22(27)29-15-30-23(18)33/h6-10,13,15,19-21,24,34-35H,5,11-12,14H2,1-4H3,(H2,27,29,30)(H2,28,31,36)/t19-,20-,21?,24?/m1/s1. The molecule has 2 aromatic heterocycles. The summed E-state index contributed by atoms with van der Waals surface area (Å²) >= 11 is 0. The lowest BCUT2D eigenvalue weighted by atomic mass is 9.87. The number of fused-ring (bicyclic) bond motifs is 1. The number of carbonyl (C=O) groups excluding carboxylic acids is 1. The molecule has 6 N–H and O–H groups in total. The van der Waals surface area contributed by atoms with Gasteiger partial charge >= 0.3 is 6.03 Å². The number of benzene rings is 1. The summed E-state index contributed by atoms with van der Waals surface area (Å²) in [7, 11) is 1.91. The zero-order valence-corrected chi connectivity index (χ0v) is 21.8. The number of nitrogens with two attached hydrogens (primary N) is 1. The molecule has 1 fully saturated rings. The van der Waals surface area contributed by atoms with Crippen LogP contribution in [0.3, 0.4) is 0 Å². The molecule has 2 amide bonds. The molecule has 0 bridgehead atoms. The molecule has 3 aromatic rings. The average Bonchev–Trinajstić information content (AvgIpc) is 3.39. The number of nitrogens with one attached hydrogen (secondary N) is 2. The maximum Gasteiger partial charge on any atom is 0.319 e. The largest absolute Gasteiger partial charge is 0.387 e. The number of ether oxygens (including phenoxy) is 1. The van der Waals surface area contributed by atoms with Crippen LogP contribution in [0.1, 0.15) is 39.0 Å². The molecule has 200 valence electrons. The third-order valence-electron chi connectivity index (χ3n) is 6.65. The maximum atomic E-state index is 12.2. The number of aromatic nitrogens is 3. The lowest BCUT2D eigenvalue weighted by molar-refractivity contribution is -0.0419. The number of hydrogen-bond donors (Lipinski definition) is 5. The minimum absolute atomic E-state index is 0.0610. The van der Waals surface area contributed by atoms with Crippen molar-refractivity contribution in [1.29, 1.82) is 0 Å². The Morgan fingerprint density at radius 3 is 2.59 bits per heavy atom. The fourth-order valence-electron chi connectivity index (χ4n) is 4.48. The first-order valence-corrected chi connectivity index (χ1v) is 12.5. The van der Waals surface area contributed by atoms with Crippen molar-refractivity contribution in [1.82, 2.24) is 24.8 Å². The number of aliphatic hydroxyl groups is 2. The summed E-state index contributed by atoms with van der Waals surface area (Å²) in [6.45, 7) is 8.02. The van der Waals surface area contributed by atoms with E-state index in [2.05, 4.69) is 41.4 Å².